The highest BCUT2D eigenvalue weighted by Gasteiger charge is 2.29. The number of hydrogen-bond donors (Lipinski definition) is 1. The molecule has 26 heavy (non-hydrogen) atoms. The summed E-state index contributed by atoms with van der Waals surface area (Å²) >= 11 is 0. The standard InChI is InChI=1S/C20H23N3O3/c1-26-18-10-6-5-9-17(18)13-21-19(24)15-23-12-11-22(20(23)25)14-16-7-3-2-4-8-16/h2-10H,11-15H2,1H3,(H,21,24). The lowest BCUT2D eigenvalue weighted by Gasteiger charge is -2.18. The van der Waals surface area contributed by atoms with Crippen molar-refractivity contribution in [3.05, 3.63) is 65.7 Å². The summed E-state index contributed by atoms with van der Waals surface area (Å²) in [6.07, 6.45) is 0. The zero-order chi connectivity index (χ0) is 18.4. The van der Waals surface area contributed by atoms with Crippen molar-refractivity contribution in [2.75, 3.05) is 26.7 Å². The molecule has 136 valence electrons. The summed E-state index contributed by atoms with van der Waals surface area (Å²) in [6.45, 7) is 2.21. The Morgan fingerprint density at radius 3 is 2.50 bits per heavy atom. The number of methoxy groups -OCH3 is 1. The quantitative estimate of drug-likeness (QED) is 0.830. The number of nitrogens with zero attached hydrogens (tertiary/aromatic N) is 2. The maximum atomic E-state index is 12.5. The van der Waals surface area contributed by atoms with Crippen molar-refractivity contribution in [1.29, 1.82) is 0 Å². The average molecular weight is 353 g/mol. The van der Waals surface area contributed by atoms with Crippen LogP contribution in [-0.2, 0) is 17.9 Å². The first-order valence-corrected chi connectivity index (χ1v) is 8.63. The van der Waals surface area contributed by atoms with Gasteiger partial charge in [-0.2, -0.15) is 0 Å². The number of amides is 3. The molecule has 0 spiro atoms. The summed E-state index contributed by atoms with van der Waals surface area (Å²) in [5.41, 5.74) is 1.99. The third-order valence-electron chi connectivity index (χ3n) is 4.40. The van der Waals surface area contributed by atoms with Gasteiger partial charge in [-0.25, -0.2) is 4.79 Å². The number of rotatable bonds is 7. The summed E-state index contributed by atoms with van der Waals surface area (Å²) in [4.78, 5) is 28.0. The minimum absolute atomic E-state index is 0.0687. The van der Waals surface area contributed by atoms with E-state index in [4.69, 9.17) is 4.74 Å². The first-order chi connectivity index (χ1) is 12.7. The molecule has 0 unspecified atom stereocenters. The normalized spacial score (nSPS) is 13.8. The van der Waals surface area contributed by atoms with Gasteiger partial charge in [0.05, 0.1) is 7.11 Å². The molecule has 3 amide bonds. The summed E-state index contributed by atoms with van der Waals surface area (Å²) in [5.74, 6) is 0.560. The molecule has 1 N–H and O–H groups in total. The molecule has 0 aromatic heterocycles. The lowest BCUT2D eigenvalue weighted by Crippen LogP contribution is -2.39. The lowest BCUT2D eigenvalue weighted by molar-refractivity contribution is -0.121. The van der Waals surface area contributed by atoms with E-state index in [-0.39, 0.29) is 18.5 Å². The molecule has 3 rings (SSSR count). The van der Waals surface area contributed by atoms with Crippen LogP contribution in [0.25, 0.3) is 0 Å². The predicted molar refractivity (Wildman–Crippen MR) is 98.7 cm³/mol. The number of nitrogens with one attached hydrogen (secondary N) is 1. The fourth-order valence-electron chi connectivity index (χ4n) is 3.00. The number of hydrogen-bond acceptors (Lipinski definition) is 3. The van der Waals surface area contributed by atoms with E-state index in [2.05, 4.69) is 5.32 Å². The van der Waals surface area contributed by atoms with Gasteiger partial charge in [0.2, 0.25) is 5.91 Å². The molecule has 6 nitrogen and oxygen atoms in total. The van der Waals surface area contributed by atoms with Crippen LogP contribution in [0, 0.1) is 0 Å². The van der Waals surface area contributed by atoms with E-state index in [1.807, 2.05) is 54.6 Å². The maximum absolute atomic E-state index is 12.5. The molecule has 2 aromatic rings. The molecule has 0 atom stereocenters. The van der Waals surface area contributed by atoms with Gasteiger partial charge in [0.25, 0.3) is 0 Å². The molecule has 1 fully saturated rings. The molecule has 0 saturated carbocycles. The van der Waals surface area contributed by atoms with E-state index >= 15 is 0 Å². The van der Waals surface area contributed by atoms with Crippen LogP contribution < -0.4 is 10.1 Å². The second kappa shape index (κ2) is 8.38. The smallest absolute Gasteiger partial charge is 0.320 e. The van der Waals surface area contributed by atoms with Crippen molar-refractivity contribution in [2.24, 2.45) is 0 Å². The van der Waals surface area contributed by atoms with Gasteiger partial charge in [-0.05, 0) is 11.6 Å². The number of carbonyl (C=O) groups excluding carboxylic acids is 2. The number of urea groups is 1. The lowest BCUT2D eigenvalue weighted by atomic mass is 10.2. The van der Waals surface area contributed by atoms with Crippen LogP contribution in [0.15, 0.2) is 54.6 Å². The van der Waals surface area contributed by atoms with E-state index in [1.165, 1.54) is 0 Å². The largest absolute Gasteiger partial charge is 0.496 e. The van der Waals surface area contributed by atoms with E-state index in [0.29, 0.717) is 26.2 Å². The highest BCUT2D eigenvalue weighted by Crippen LogP contribution is 2.17. The topological polar surface area (TPSA) is 61.9 Å². The fourth-order valence-corrected chi connectivity index (χ4v) is 3.00. The molecule has 1 aliphatic rings. The van der Waals surface area contributed by atoms with Crippen molar-refractivity contribution < 1.29 is 14.3 Å². The Morgan fingerprint density at radius 1 is 1.04 bits per heavy atom. The highest BCUT2D eigenvalue weighted by atomic mass is 16.5. The fraction of sp³-hybridized carbons (Fsp3) is 0.300. The molecule has 1 heterocycles. The minimum atomic E-state index is -0.175. The molecular formula is C20H23N3O3. The predicted octanol–water partition coefficient (Wildman–Crippen LogP) is 2.25. The third kappa shape index (κ3) is 4.33. The number of carbonyl (C=O) groups is 2. The first kappa shape index (κ1) is 17.8. The number of benzene rings is 2. The minimum Gasteiger partial charge on any atom is -0.496 e. The Morgan fingerprint density at radius 2 is 1.73 bits per heavy atom. The Bertz CT molecular complexity index is 764. The average Bonchev–Trinajstić information content (AvgIpc) is 3.01. The summed E-state index contributed by atoms with van der Waals surface area (Å²) in [5, 5.41) is 2.85. The zero-order valence-corrected chi connectivity index (χ0v) is 14.9. The first-order valence-electron chi connectivity index (χ1n) is 8.63. The van der Waals surface area contributed by atoms with E-state index in [1.54, 1.807) is 16.9 Å². The number of ether oxygens (including phenoxy) is 1. The molecule has 6 heteroatoms. The van der Waals surface area contributed by atoms with Gasteiger partial charge in [-0.3, -0.25) is 4.79 Å². The molecule has 0 bridgehead atoms. The van der Waals surface area contributed by atoms with Crippen LogP contribution in [-0.4, -0.2) is 48.5 Å². The summed E-state index contributed by atoms with van der Waals surface area (Å²) in [6, 6.07) is 17.3. The molecule has 2 aromatic carbocycles. The van der Waals surface area contributed by atoms with Crippen LogP contribution in [0.2, 0.25) is 0 Å². The maximum Gasteiger partial charge on any atom is 0.320 e. The summed E-state index contributed by atoms with van der Waals surface area (Å²) < 4.78 is 5.28. The van der Waals surface area contributed by atoms with Gasteiger partial charge in [-0.15, -0.1) is 0 Å². The Hall–Kier alpha value is -3.02. The third-order valence-corrected chi connectivity index (χ3v) is 4.40. The Kier molecular flexibility index (Phi) is 5.73. The van der Waals surface area contributed by atoms with Crippen LogP contribution in [0.4, 0.5) is 4.79 Å². The Balaban J connectivity index is 1.49. The SMILES string of the molecule is COc1ccccc1CNC(=O)CN1CCN(Cc2ccccc2)C1=O. The van der Waals surface area contributed by atoms with Crippen molar-refractivity contribution in [3.63, 3.8) is 0 Å². The van der Waals surface area contributed by atoms with E-state index < -0.39 is 0 Å². The van der Waals surface area contributed by atoms with Gasteiger partial charge in [0.15, 0.2) is 0 Å². The second-order valence-electron chi connectivity index (χ2n) is 6.20. The van der Waals surface area contributed by atoms with Gasteiger partial charge in [0.1, 0.15) is 12.3 Å². The van der Waals surface area contributed by atoms with Crippen molar-refractivity contribution in [3.8, 4) is 5.75 Å². The molecule has 0 radical (unpaired) electrons. The van der Waals surface area contributed by atoms with Gasteiger partial charge < -0.3 is 19.9 Å². The van der Waals surface area contributed by atoms with E-state index in [9.17, 15) is 9.59 Å². The summed E-state index contributed by atoms with van der Waals surface area (Å²) in [7, 11) is 1.60. The second-order valence-corrected chi connectivity index (χ2v) is 6.20. The number of para-hydroxylation sites is 1. The van der Waals surface area contributed by atoms with Crippen molar-refractivity contribution >= 4 is 11.9 Å². The van der Waals surface area contributed by atoms with Gasteiger partial charge in [0, 0.05) is 31.7 Å². The van der Waals surface area contributed by atoms with Crippen molar-refractivity contribution in [1.82, 2.24) is 15.1 Å². The van der Waals surface area contributed by atoms with Gasteiger partial charge >= 0.3 is 6.03 Å². The Labute approximate surface area is 153 Å². The van der Waals surface area contributed by atoms with Crippen molar-refractivity contribution in [2.45, 2.75) is 13.1 Å². The van der Waals surface area contributed by atoms with Crippen LogP contribution in [0.5, 0.6) is 5.75 Å². The van der Waals surface area contributed by atoms with Gasteiger partial charge in [-0.1, -0.05) is 48.5 Å². The highest BCUT2D eigenvalue weighted by molar-refractivity contribution is 5.85. The van der Waals surface area contributed by atoms with Crippen LogP contribution in [0.3, 0.4) is 0 Å². The van der Waals surface area contributed by atoms with Crippen LogP contribution in [0.1, 0.15) is 11.1 Å². The van der Waals surface area contributed by atoms with E-state index in [0.717, 1.165) is 16.9 Å². The molecule has 0 aliphatic carbocycles. The molecule has 1 saturated heterocycles. The molecular weight excluding hydrogens is 330 g/mol. The monoisotopic (exact) mass is 353 g/mol. The molecule has 1 aliphatic heterocycles. The van der Waals surface area contributed by atoms with Crippen LogP contribution >= 0.6 is 0 Å². The zero-order valence-electron chi connectivity index (χ0n) is 14.9.